The molecule has 0 aromatic heterocycles. The fraction of sp³-hybridized carbons (Fsp3) is 0.143. The van der Waals surface area contributed by atoms with Crippen LogP contribution in [0.25, 0.3) is 0 Å². The zero-order valence-electron chi connectivity index (χ0n) is 6.12. The molecule has 1 rings (SSSR count). The van der Waals surface area contributed by atoms with Crippen molar-refractivity contribution in [2.24, 2.45) is 0 Å². The second kappa shape index (κ2) is 5.22. The summed E-state index contributed by atoms with van der Waals surface area (Å²) in [6.07, 6.45) is 0. The van der Waals surface area contributed by atoms with Crippen LogP contribution in [0.2, 0.25) is 0 Å². The molecule has 0 aliphatic heterocycles. The number of aliphatic hydroxyl groups excluding tert-OH is 1. The van der Waals surface area contributed by atoms with Gasteiger partial charge in [0.15, 0.2) is 0 Å². The Morgan fingerprint density at radius 2 is 1.75 bits per heavy atom. The Morgan fingerprint density at radius 3 is 2.17 bits per heavy atom. The molecule has 0 saturated heterocycles. The molecule has 0 fully saturated rings. The molecule has 0 heterocycles. The van der Waals surface area contributed by atoms with Gasteiger partial charge in [0.05, 0.1) is 0 Å². The lowest BCUT2D eigenvalue weighted by atomic mass is 10.2. The molecular weight excluding hydrogens is 199 g/mol. The second-order valence-electron chi connectivity index (χ2n) is 2.09. The van der Waals surface area contributed by atoms with Gasteiger partial charge in [0, 0.05) is 5.56 Å². The standard InChI is InChI=1S/C7H7O3P.ClH/c8-7(11(9)10)6-4-2-1-3-5-6;/h1-5,7-8H;1H/p+1. The molecule has 1 aromatic carbocycles. The second-order valence-corrected chi connectivity index (χ2v) is 3.18. The van der Waals surface area contributed by atoms with Crippen LogP contribution in [-0.4, -0.2) is 10.00 Å². The van der Waals surface area contributed by atoms with Gasteiger partial charge in [0.25, 0.3) is 0 Å². The van der Waals surface area contributed by atoms with Crippen molar-refractivity contribution < 1.29 is 14.6 Å². The maximum absolute atomic E-state index is 10.4. The molecule has 66 valence electrons. The maximum atomic E-state index is 10.4. The number of hydrogen-bond acceptors (Lipinski definition) is 2. The van der Waals surface area contributed by atoms with E-state index in [4.69, 9.17) is 10.00 Å². The van der Waals surface area contributed by atoms with Gasteiger partial charge in [-0.05, 0) is 4.57 Å². The Balaban J connectivity index is 0.00000121. The minimum atomic E-state index is -2.53. The molecule has 1 aromatic rings. The van der Waals surface area contributed by atoms with E-state index in [1.54, 1.807) is 30.3 Å². The average molecular weight is 208 g/mol. The Morgan fingerprint density at radius 1 is 1.25 bits per heavy atom. The quantitative estimate of drug-likeness (QED) is 0.728. The summed E-state index contributed by atoms with van der Waals surface area (Å²) in [6, 6.07) is 8.40. The molecule has 0 amide bonds. The smallest absolute Gasteiger partial charge is 0.345 e. The molecule has 0 aliphatic rings. The van der Waals surface area contributed by atoms with Crippen molar-refractivity contribution in [3.63, 3.8) is 0 Å². The summed E-state index contributed by atoms with van der Waals surface area (Å²) in [5.74, 6) is -1.26. The average Bonchev–Trinajstić information content (AvgIpc) is 2.05. The van der Waals surface area contributed by atoms with Crippen molar-refractivity contribution >= 4 is 20.4 Å². The zero-order valence-corrected chi connectivity index (χ0v) is 7.83. The van der Waals surface area contributed by atoms with Gasteiger partial charge in [-0.15, -0.1) is 12.4 Å². The molecular formula is C7H9ClO3P+. The highest BCUT2D eigenvalue weighted by Gasteiger charge is 2.27. The number of benzene rings is 1. The van der Waals surface area contributed by atoms with E-state index >= 15 is 0 Å². The van der Waals surface area contributed by atoms with Crippen LogP contribution in [0.5, 0.6) is 0 Å². The first-order valence-corrected chi connectivity index (χ1v) is 4.38. The van der Waals surface area contributed by atoms with E-state index in [0.29, 0.717) is 5.56 Å². The van der Waals surface area contributed by atoms with Crippen molar-refractivity contribution in [2.45, 2.75) is 5.85 Å². The topological polar surface area (TPSA) is 57.5 Å². The summed E-state index contributed by atoms with van der Waals surface area (Å²) in [7, 11) is -2.53. The van der Waals surface area contributed by atoms with Crippen LogP contribution in [0.3, 0.4) is 0 Å². The third-order valence-corrected chi connectivity index (χ3v) is 2.02. The molecule has 2 unspecified atom stereocenters. The number of rotatable bonds is 2. The van der Waals surface area contributed by atoms with Crippen molar-refractivity contribution in [1.29, 1.82) is 0 Å². The summed E-state index contributed by atoms with van der Waals surface area (Å²) in [5, 5.41) is 9.06. The number of hydrogen-bond donors (Lipinski definition) is 2. The highest BCUT2D eigenvalue weighted by Crippen LogP contribution is 2.34. The van der Waals surface area contributed by atoms with E-state index in [1.807, 2.05) is 0 Å². The van der Waals surface area contributed by atoms with Crippen molar-refractivity contribution in [3.05, 3.63) is 35.9 Å². The fourth-order valence-corrected chi connectivity index (χ4v) is 1.18. The van der Waals surface area contributed by atoms with E-state index in [9.17, 15) is 4.57 Å². The number of halogens is 1. The highest BCUT2D eigenvalue weighted by atomic mass is 35.5. The van der Waals surface area contributed by atoms with E-state index in [1.165, 1.54) is 0 Å². The third-order valence-electron chi connectivity index (χ3n) is 1.31. The molecule has 0 saturated carbocycles. The predicted octanol–water partition coefficient (Wildman–Crippen LogP) is 1.83. The van der Waals surface area contributed by atoms with E-state index in [0.717, 1.165) is 0 Å². The minimum absolute atomic E-state index is 0. The predicted molar refractivity (Wildman–Crippen MR) is 48.5 cm³/mol. The van der Waals surface area contributed by atoms with Crippen LogP contribution in [0, 0.1) is 0 Å². The van der Waals surface area contributed by atoms with Crippen LogP contribution < -0.4 is 0 Å². The lowest BCUT2D eigenvalue weighted by Crippen LogP contribution is -1.89. The van der Waals surface area contributed by atoms with Crippen LogP contribution in [0.4, 0.5) is 0 Å². The summed E-state index contributed by atoms with van der Waals surface area (Å²) in [4.78, 5) is 8.53. The van der Waals surface area contributed by atoms with Crippen LogP contribution in [0.1, 0.15) is 11.4 Å². The molecule has 12 heavy (non-hydrogen) atoms. The van der Waals surface area contributed by atoms with Crippen LogP contribution in [-0.2, 0) is 4.57 Å². The Kier molecular flexibility index (Phi) is 5.02. The van der Waals surface area contributed by atoms with E-state index < -0.39 is 13.9 Å². The molecule has 5 heteroatoms. The zero-order chi connectivity index (χ0) is 8.27. The van der Waals surface area contributed by atoms with E-state index in [-0.39, 0.29) is 12.4 Å². The van der Waals surface area contributed by atoms with E-state index in [2.05, 4.69) is 0 Å². The van der Waals surface area contributed by atoms with Gasteiger partial charge < -0.3 is 5.11 Å². The van der Waals surface area contributed by atoms with Gasteiger partial charge in [-0.2, -0.15) is 4.89 Å². The maximum Gasteiger partial charge on any atom is 0.542 e. The summed E-state index contributed by atoms with van der Waals surface area (Å²) in [6.45, 7) is 0. The highest BCUT2D eigenvalue weighted by molar-refractivity contribution is 7.38. The molecule has 0 radical (unpaired) electrons. The first-order valence-electron chi connectivity index (χ1n) is 3.10. The van der Waals surface area contributed by atoms with Gasteiger partial charge in [-0.3, -0.25) is 0 Å². The Labute approximate surface area is 77.3 Å². The molecule has 2 atom stereocenters. The van der Waals surface area contributed by atoms with Crippen LogP contribution in [0.15, 0.2) is 30.3 Å². The van der Waals surface area contributed by atoms with Gasteiger partial charge in [0.1, 0.15) is 0 Å². The van der Waals surface area contributed by atoms with Gasteiger partial charge in [-0.25, -0.2) is 0 Å². The van der Waals surface area contributed by atoms with Crippen molar-refractivity contribution in [3.8, 4) is 0 Å². The SMILES string of the molecule is Cl.O=[P+](O)C(O)c1ccccc1. The van der Waals surface area contributed by atoms with Gasteiger partial charge in [0.2, 0.25) is 0 Å². The summed E-state index contributed by atoms with van der Waals surface area (Å²) < 4.78 is 10.4. The first-order chi connectivity index (χ1) is 5.22. The van der Waals surface area contributed by atoms with Crippen LogP contribution >= 0.6 is 20.4 Å². The molecule has 0 bridgehead atoms. The Hall–Kier alpha value is -0.470. The third kappa shape index (κ3) is 2.88. The summed E-state index contributed by atoms with van der Waals surface area (Å²) in [5.41, 5.74) is 0.469. The lowest BCUT2D eigenvalue weighted by Gasteiger charge is -1.94. The Bertz CT molecular complexity index is 252. The monoisotopic (exact) mass is 207 g/mol. The van der Waals surface area contributed by atoms with Gasteiger partial charge >= 0.3 is 13.9 Å². The molecule has 2 N–H and O–H groups in total. The largest absolute Gasteiger partial charge is 0.542 e. The number of aliphatic hydroxyl groups is 1. The normalized spacial score (nSPS) is 13.0. The molecule has 3 nitrogen and oxygen atoms in total. The van der Waals surface area contributed by atoms with Crippen molar-refractivity contribution in [1.82, 2.24) is 0 Å². The first kappa shape index (κ1) is 11.5. The van der Waals surface area contributed by atoms with Crippen molar-refractivity contribution in [2.75, 3.05) is 0 Å². The molecule has 0 aliphatic carbocycles. The van der Waals surface area contributed by atoms with Gasteiger partial charge in [-0.1, -0.05) is 30.3 Å². The summed E-state index contributed by atoms with van der Waals surface area (Å²) >= 11 is 0. The molecule has 0 spiro atoms. The lowest BCUT2D eigenvalue weighted by molar-refractivity contribution is 0.243. The fourth-order valence-electron chi connectivity index (χ4n) is 0.753. The minimum Gasteiger partial charge on any atom is -0.345 e.